The predicted octanol–water partition coefficient (Wildman–Crippen LogP) is 4.53. The zero-order chi connectivity index (χ0) is 20.8. The Morgan fingerprint density at radius 2 is 1.57 bits per heavy atom. The quantitative estimate of drug-likeness (QED) is 0.714. The first-order valence-corrected chi connectivity index (χ1v) is 9.17. The molecule has 0 saturated heterocycles. The Morgan fingerprint density at radius 1 is 0.929 bits per heavy atom. The smallest absolute Gasteiger partial charge is 0.244 e. The summed E-state index contributed by atoms with van der Waals surface area (Å²) in [7, 11) is 4.67. The maximum Gasteiger partial charge on any atom is 0.244 e. The van der Waals surface area contributed by atoms with Crippen molar-refractivity contribution < 1.29 is 19.0 Å². The van der Waals surface area contributed by atoms with Crippen LogP contribution in [-0.4, -0.2) is 27.2 Å². The molecule has 1 amide bonds. The van der Waals surface area contributed by atoms with E-state index in [-0.39, 0.29) is 11.9 Å². The number of hydrogen-bond acceptors (Lipinski definition) is 4. The van der Waals surface area contributed by atoms with Gasteiger partial charge in [-0.1, -0.05) is 12.1 Å². The number of carbonyl (C=O) groups excluding carboxylic acids is 1. The third kappa shape index (κ3) is 4.66. The average Bonchev–Trinajstić information content (AvgIpc) is 2.67. The molecule has 0 unspecified atom stereocenters. The first kappa shape index (κ1) is 21.4. The van der Waals surface area contributed by atoms with Crippen molar-refractivity contribution in [3.63, 3.8) is 0 Å². The van der Waals surface area contributed by atoms with E-state index in [4.69, 9.17) is 14.2 Å². The van der Waals surface area contributed by atoms with Crippen LogP contribution >= 0.6 is 0 Å². The van der Waals surface area contributed by atoms with E-state index in [9.17, 15) is 4.79 Å². The van der Waals surface area contributed by atoms with Gasteiger partial charge in [-0.25, -0.2) is 0 Å². The van der Waals surface area contributed by atoms with E-state index in [1.807, 2.05) is 13.0 Å². The van der Waals surface area contributed by atoms with Gasteiger partial charge in [0.1, 0.15) is 0 Å². The number of rotatable bonds is 7. The number of carbonyl (C=O) groups is 1. The van der Waals surface area contributed by atoms with Gasteiger partial charge in [-0.15, -0.1) is 0 Å². The van der Waals surface area contributed by atoms with Crippen LogP contribution < -0.4 is 19.5 Å². The van der Waals surface area contributed by atoms with E-state index in [0.29, 0.717) is 17.2 Å². The second kappa shape index (κ2) is 9.31. The lowest BCUT2D eigenvalue weighted by atomic mass is 9.96. The Kier molecular flexibility index (Phi) is 7.10. The van der Waals surface area contributed by atoms with Crippen molar-refractivity contribution in [3.05, 3.63) is 58.2 Å². The van der Waals surface area contributed by atoms with Gasteiger partial charge >= 0.3 is 0 Å². The number of hydrogen-bond donors (Lipinski definition) is 1. The second-order valence-electron chi connectivity index (χ2n) is 6.78. The average molecular weight is 383 g/mol. The van der Waals surface area contributed by atoms with Crippen molar-refractivity contribution in [2.75, 3.05) is 21.3 Å². The zero-order valence-corrected chi connectivity index (χ0v) is 17.7. The molecule has 2 rings (SSSR count). The molecular weight excluding hydrogens is 354 g/mol. The fraction of sp³-hybridized carbons (Fsp3) is 0.348. The predicted molar refractivity (Wildman–Crippen MR) is 112 cm³/mol. The Balaban J connectivity index is 2.19. The monoisotopic (exact) mass is 383 g/mol. The molecule has 2 aromatic carbocycles. The molecule has 5 heteroatoms. The van der Waals surface area contributed by atoms with E-state index in [2.05, 4.69) is 38.2 Å². The lowest BCUT2D eigenvalue weighted by molar-refractivity contribution is -0.117. The highest BCUT2D eigenvalue weighted by Crippen LogP contribution is 2.40. The zero-order valence-electron chi connectivity index (χ0n) is 17.7. The van der Waals surface area contributed by atoms with Crippen molar-refractivity contribution in [2.24, 2.45) is 0 Å². The summed E-state index contributed by atoms with van der Waals surface area (Å²) in [6, 6.07) is 7.79. The largest absolute Gasteiger partial charge is 0.493 e. The summed E-state index contributed by atoms with van der Waals surface area (Å²) >= 11 is 0. The fourth-order valence-electron chi connectivity index (χ4n) is 3.21. The lowest BCUT2D eigenvalue weighted by Crippen LogP contribution is -2.25. The van der Waals surface area contributed by atoms with Crippen molar-refractivity contribution in [1.29, 1.82) is 0 Å². The summed E-state index contributed by atoms with van der Waals surface area (Å²) in [5, 5.41) is 3.02. The van der Waals surface area contributed by atoms with E-state index >= 15 is 0 Å². The number of benzene rings is 2. The van der Waals surface area contributed by atoms with Crippen LogP contribution in [0.15, 0.2) is 30.3 Å². The molecule has 0 aliphatic rings. The standard InChI is InChI=1S/C23H29NO4/c1-14-12-16(3)19(13-15(14)2)17(4)24-21(25)11-9-18-8-10-20(26-5)23(28-7)22(18)27-6/h8-13,17H,1-7H3,(H,24,25)/b11-9+/t17-/m0/s1. The molecule has 1 N–H and O–H groups in total. The molecule has 0 saturated carbocycles. The van der Waals surface area contributed by atoms with Crippen LogP contribution in [0.5, 0.6) is 17.2 Å². The Hall–Kier alpha value is -2.95. The van der Waals surface area contributed by atoms with Gasteiger partial charge in [0.15, 0.2) is 11.5 Å². The highest BCUT2D eigenvalue weighted by molar-refractivity contribution is 5.92. The fourth-order valence-corrected chi connectivity index (χ4v) is 3.21. The Bertz CT molecular complexity index is 887. The molecule has 0 radical (unpaired) electrons. The highest BCUT2D eigenvalue weighted by atomic mass is 16.5. The molecule has 0 aliphatic carbocycles. The number of methoxy groups -OCH3 is 3. The van der Waals surface area contributed by atoms with Crippen LogP contribution in [0.3, 0.4) is 0 Å². The van der Waals surface area contributed by atoms with Crippen LogP contribution in [0.4, 0.5) is 0 Å². The molecule has 0 aliphatic heterocycles. The SMILES string of the molecule is COc1ccc(/C=C/C(=O)N[C@@H](C)c2cc(C)c(C)cc2C)c(OC)c1OC. The highest BCUT2D eigenvalue weighted by Gasteiger charge is 2.15. The van der Waals surface area contributed by atoms with Crippen molar-refractivity contribution in [1.82, 2.24) is 5.32 Å². The minimum Gasteiger partial charge on any atom is -0.493 e. The number of amides is 1. The van der Waals surface area contributed by atoms with Gasteiger partial charge in [0.2, 0.25) is 11.7 Å². The third-order valence-corrected chi connectivity index (χ3v) is 4.86. The van der Waals surface area contributed by atoms with Gasteiger partial charge in [0.05, 0.1) is 27.4 Å². The molecule has 0 aromatic heterocycles. The van der Waals surface area contributed by atoms with Gasteiger partial charge in [0.25, 0.3) is 0 Å². The van der Waals surface area contributed by atoms with Gasteiger partial charge in [-0.3, -0.25) is 4.79 Å². The summed E-state index contributed by atoms with van der Waals surface area (Å²) in [5.41, 5.74) is 5.48. The summed E-state index contributed by atoms with van der Waals surface area (Å²) in [6.45, 7) is 8.22. The topological polar surface area (TPSA) is 56.8 Å². The first-order chi connectivity index (χ1) is 13.3. The van der Waals surface area contributed by atoms with Crippen molar-refractivity contribution in [2.45, 2.75) is 33.7 Å². The molecule has 5 nitrogen and oxygen atoms in total. The van der Waals surface area contributed by atoms with E-state index in [1.54, 1.807) is 33.5 Å². The Morgan fingerprint density at radius 3 is 2.18 bits per heavy atom. The van der Waals surface area contributed by atoms with Crippen molar-refractivity contribution in [3.8, 4) is 17.2 Å². The molecule has 1 atom stereocenters. The molecule has 0 heterocycles. The summed E-state index contributed by atoms with van der Waals surface area (Å²) in [5.74, 6) is 1.40. The maximum absolute atomic E-state index is 12.4. The number of aryl methyl sites for hydroxylation is 3. The summed E-state index contributed by atoms with van der Waals surface area (Å²) < 4.78 is 16.1. The number of nitrogens with one attached hydrogen (secondary N) is 1. The minimum atomic E-state index is -0.179. The normalized spacial score (nSPS) is 12.0. The molecule has 0 fully saturated rings. The van der Waals surface area contributed by atoms with Crippen LogP contribution in [0.2, 0.25) is 0 Å². The van der Waals surface area contributed by atoms with Gasteiger partial charge in [0, 0.05) is 11.6 Å². The van der Waals surface area contributed by atoms with E-state index < -0.39 is 0 Å². The minimum absolute atomic E-state index is 0.0938. The van der Waals surface area contributed by atoms with E-state index in [1.165, 1.54) is 22.8 Å². The van der Waals surface area contributed by atoms with Crippen molar-refractivity contribution >= 4 is 12.0 Å². The Labute approximate surface area is 167 Å². The third-order valence-electron chi connectivity index (χ3n) is 4.86. The molecular formula is C23H29NO4. The molecule has 150 valence electrons. The van der Waals surface area contributed by atoms with Crippen LogP contribution in [0, 0.1) is 20.8 Å². The lowest BCUT2D eigenvalue weighted by Gasteiger charge is -2.18. The molecule has 28 heavy (non-hydrogen) atoms. The number of ether oxygens (including phenoxy) is 3. The van der Waals surface area contributed by atoms with Crippen LogP contribution in [0.25, 0.3) is 6.08 Å². The second-order valence-corrected chi connectivity index (χ2v) is 6.78. The first-order valence-electron chi connectivity index (χ1n) is 9.17. The maximum atomic E-state index is 12.4. The molecule has 0 spiro atoms. The van der Waals surface area contributed by atoms with Gasteiger partial charge < -0.3 is 19.5 Å². The van der Waals surface area contributed by atoms with Crippen LogP contribution in [0.1, 0.15) is 40.8 Å². The van der Waals surface area contributed by atoms with Gasteiger partial charge in [-0.05, 0) is 68.2 Å². The van der Waals surface area contributed by atoms with Crippen LogP contribution in [-0.2, 0) is 4.79 Å². The molecule has 2 aromatic rings. The molecule has 0 bridgehead atoms. The summed E-state index contributed by atoms with van der Waals surface area (Å²) in [4.78, 5) is 12.4. The van der Waals surface area contributed by atoms with Gasteiger partial charge in [-0.2, -0.15) is 0 Å². The van der Waals surface area contributed by atoms with E-state index in [0.717, 1.165) is 11.1 Å². The summed E-state index contributed by atoms with van der Waals surface area (Å²) in [6.07, 6.45) is 3.20.